The van der Waals surface area contributed by atoms with Crippen molar-refractivity contribution in [3.8, 4) is 0 Å². The Hall–Kier alpha value is -0.450. The first-order valence-electron chi connectivity index (χ1n) is 5.96. The highest BCUT2D eigenvalue weighted by molar-refractivity contribution is 9.10. The summed E-state index contributed by atoms with van der Waals surface area (Å²) in [6, 6.07) is 5.52. The van der Waals surface area contributed by atoms with Crippen LogP contribution in [-0.4, -0.2) is 18.8 Å². The van der Waals surface area contributed by atoms with E-state index in [1.807, 2.05) is 6.07 Å². The summed E-state index contributed by atoms with van der Waals surface area (Å²) in [5.41, 5.74) is 0.954. The van der Waals surface area contributed by atoms with Crippen LogP contribution >= 0.6 is 15.9 Å². The van der Waals surface area contributed by atoms with E-state index in [4.69, 9.17) is 4.74 Å². The van der Waals surface area contributed by atoms with Crippen LogP contribution in [0.3, 0.4) is 0 Å². The van der Waals surface area contributed by atoms with Crippen LogP contribution in [-0.2, 0) is 11.3 Å². The fourth-order valence-electron chi connectivity index (χ4n) is 2.06. The summed E-state index contributed by atoms with van der Waals surface area (Å²) in [4.78, 5) is 0. The first-order chi connectivity index (χ1) is 8.16. The summed E-state index contributed by atoms with van der Waals surface area (Å²) in [6.07, 6.45) is 2.56. The first-order valence-corrected chi connectivity index (χ1v) is 6.75. The lowest BCUT2D eigenvalue weighted by Crippen LogP contribution is -2.36. The maximum absolute atomic E-state index is 13.3. The molecule has 2 nitrogen and oxygen atoms in total. The zero-order valence-electron chi connectivity index (χ0n) is 9.88. The molecule has 4 heteroatoms. The second kappa shape index (κ2) is 5.94. The Kier molecular flexibility index (Phi) is 4.54. The quantitative estimate of drug-likeness (QED) is 0.922. The van der Waals surface area contributed by atoms with Crippen LogP contribution in [0.5, 0.6) is 0 Å². The highest BCUT2D eigenvalue weighted by Crippen LogP contribution is 2.18. The number of ether oxygens (including phenoxy) is 1. The predicted octanol–water partition coefficient (Wildman–Crippen LogP) is 3.25. The van der Waals surface area contributed by atoms with E-state index in [1.165, 1.54) is 0 Å². The summed E-state index contributed by atoms with van der Waals surface area (Å²) in [5.74, 6) is -0.214. The number of benzene rings is 1. The van der Waals surface area contributed by atoms with Gasteiger partial charge in [-0.2, -0.15) is 0 Å². The van der Waals surface area contributed by atoms with Crippen molar-refractivity contribution >= 4 is 15.9 Å². The van der Waals surface area contributed by atoms with Gasteiger partial charge >= 0.3 is 0 Å². The SMILES string of the molecule is CC(NCc1ccc(Br)c(F)c1)C1CCCO1. The maximum atomic E-state index is 13.3. The van der Waals surface area contributed by atoms with Gasteiger partial charge in [0.25, 0.3) is 0 Å². The molecule has 1 N–H and O–H groups in total. The molecule has 0 bridgehead atoms. The van der Waals surface area contributed by atoms with Gasteiger partial charge in [-0.05, 0) is 53.4 Å². The molecule has 0 aromatic heterocycles. The molecule has 0 spiro atoms. The Labute approximate surface area is 110 Å². The van der Waals surface area contributed by atoms with Crippen LogP contribution in [0.4, 0.5) is 4.39 Å². The van der Waals surface area contributed by atoms with Crippen LogP contribution in [0, 0.1) is 5.82 Å². The molecular weight excluding hydrogens is 285 g/mol. The second-order valence-corrected chi connectivity index (χ2v) is 5.32. The van der Waals surface area contributed by atoms with Gasteiger partial charge < -0.3 is 10.1 Å². The predicted molar refractivity (Wildman–Crippen MR) is 69.4 cm³/mol. The van der Waals surface area contributed by atoms with Crippen molar-refractivity contribution in [2.75, 3.05) is 6.61 Å². The largest absolute Gasteiger partial charge is 0.377 e. The topological polar surface area (TPSA) is 21.3 Å². The van der Waals surface area contributed by atoms with Crippen molar-refractivity contribution in [3.05, 3.63) is 34.1 Å². The summed E-state index contributed by atoms with van der Waals surface area (Å²) in [5, 5.41) is 3.38. The summed E-state index contributed by atoms with van der Waals surface area (Å²) in [6.45, 7) is 3.65. The second-order valence-electron chi connectivity index (χ2n) is 4.47. The van der Waals surface area contributed by atoms with E-state index < -0.39 is 0 Å². The zero-order valence-corrected chi connectivity index (χ0v) is 11.5. The summed E-state index contributed by atoms with van der Waals surface area (Å²) < 4.78 is 19.4. The van der Waals surface area contributed by atoms with Gasteiger partial charge in [0.2, 0.25) is 0 Å². The van der Waals surface area contributed by atoms with E-state index in [-0.39, 0.29) is 5.82 Å². The lowest BCUT2D eigenvalue weighted by molar-refractivity contribution is 0.0832. The number of hydrogen-bond donors (Lipinski definition) is 1. The van der Waals surface area contributed by atoms with Gasteiger partial charge in [-0.3, -0.25) is 0 Å². The maximum Gasteiger partial charge on any atom is 0.137 e. The third-order valence-electron chi connectivity index (χ3n) is 3.13. The minimum absolute atomic E-state index is 0.214. The highest BCUT2D eigenvalue weighted by atomic mass is 79.9. The molecule has 0 amide bonds. The van der Waals surface area contributed by atoms with Crippen LogP contribution in [0.25, 0.3) is 0 Å². The number of nitrogens with one attached hydrogen (secondary N) is 1. The van der Waals surface area contributed by atoms with Crippen molar-refractivity contribution in [2.24, 2.45) is 0 Å². The molecule has 1 aromatic rings. The highest BCUT2D eigenvalue weighted by Gasteiger charge is 2.21. The Morgan fingerprint density at radius 3 is 3.06 bits per heavy atom. The standard InChI is InChI=1S/C13H17BrFNO/c1-9(13-3-2-6-17-13)16-8-10-4-5-11(14)12(15)7-10/h4-5,7,9,13,16H,2-3,6,8H2,1H3. The van der Waals surface area contributed by atoms with Crippen molar-refractivity contribution in [3.63, 3.8) is 0 Å². The monoisotopic (exact) mass is 301 g/mol. The molecule has 94 valence electrons. The minimum atomic E-state index is -0.214. The van der Waals surface area contributed by atoms with Crippen LogP contribution < -0.4 is 5.32 Å². The van der Waals surface area contributed by atoms with E-state index in [2.05, 4.69) is 28.2 Å². The molecule has 1 fully saturated rings. The molecule has 1 aliphatic heterocycles. The Morgan fingerprint density at radius 2 is 2.41 bits per heavy atom. The molecular formula is C13H17BrFNO. The third kappa shape index (κ3) is 3.50. The van der Waals surface area contributed by atoms with E-state index in [0.717, 1.165) is 25.0 Å². The molecule has 2 atom stereocenters. The fraction of sp³-hybridized carbons (Fsp3) is 0.538. The number of rotatable bonds is 4. The van der Waals surface area contributed by atoms with Gasteiger partial charge in [-0.25, -0.2) is 4.39 Å². The molecule has 1 aliphatic rings. The van der Waals surface area contributed by atoms with Crippen LogP contribution in [0.15, 0.2) is 22.7 Å². The summed E-state index contributed by atoms with van der Waals surface area (Å²) >= 11 is 3.15. The molecule has 2 rings (SSSR count). The van der Waals surface area contributed by atoms with Crippen molar-refractivity contribution in [1.82, 2.24) is 5.32 Å². The Balaban J connectivity index is 1.86. The van der Waals surface area contributed by atoms with Crippen molar-refractivity contribution in [2.45, 2.75) is 38.5 Å². The number of halogens is 2. The molecule has 0 radical (unpaired) electrons. The normalized spacial score (nSPS) is 21.7. The lowest BCUT2D eigenvalue weighted by atomic mass is 10.1. The van der Waals surface area contributed by atoms with E-state index in [0.29, 0.717) is 23.2 Å². The van der Waals surface area contributed by atoms with Gasteiger partial charge in [-0.1, -0.05) is 6.07 Å². The van der Waals surface area contributed by atoms with Gasteiger partial charge in [0.15, 0.2) is 0 Å². The number of hydrogen-bond acceptors (Lipinski definition) is 2. The van der Waals surface area contributed by atoms with Crippen molar-refractivity contribution in [1.29, 1.82) is 0 Å². The molecule has 2 unspecified atom stereocenters. The van der Waals surface area contributed by atoms with Gasteiger partial charge in [0.1, 0.15) is 5.82 Å². The molecule has 1 aromatic carbocycles. The first kappa shape index (κ1) is 13.0. The van der Waals surface area contributed by atoms with E-state index in [9.17, 15) is 4.39 Å². The summed E-state index contributed by atoms with van der Waals surface area (Å²) in [7, 11) is 0. The molecule has 0 aliphatic carbocycles. The smallest absolute Gasteiger partial charge is 0.137 e. The van der Waals surface area contributed by atoms with E-state index >= 15 is 0 Å². The zero-order chi connectivity index (χ0) is 12.3. The van der Waals surface area contributed by atoms with Gasteiger partial charge in [-0.15, -0.1) is 0 Å². The third-order valence-corrected chi connectivity index (χ3v) is 3.78. The molecule has 1 heterocycles. The van der Waals surface area contributed by atoms with Crippen LogP contribution in [0.1, 0.15) is 25.3 Å². The Morgan fingerprint density at radius 1 is 1.59 bits per heavy atom. The minimum Gasteiger partial charge on any atom is -0.377 e. The van der Waals surface area contributed by atoms with Crippen LogP contribution in [0.2, 0.25) is 0 Å². The molecule has 17 heavy (non-hydrogen) atoms. The Bertz CT molecular complexity index is 380. The average Bonchev–Trinajstić information content (AvgIpc) is 2.84. The van der Waals surface area contributed by atoms with Gasteiger partial charge in [0.05, 0.1) is 10.6 Å². The van der Waals surface area contributed by atoms with Crippen molar-refractivity contribution < 1.29 is 9.13 Å². The van der Waals surface area contributed by atoms with E-state index in [1.54, 1.807) is 12.1 Å². The molecule has 1 saturated heterocycles. The average molecular weight is 302 g/mol. The fourth-order valence-corrected chi connectivity index (χ4v) is 2.30. The lowest BCUT2D eigenvalue weighted by Gasteiger charge is -2.20. The van der Waals surface area contributed by atoms with Gasteiger partial charge in [0, 0.05) is 19.2 Å². The molecule has 0 saturated carbocycles.